The Hall–Kier alpha value is -4.00. The molecule has 5 rings (SSSR count). The third kappa shape index (κ3) is 4.73. The molecule has 1 heterocycles. The Balaban J connectivity index is 1.46. The van der Waals surface area contributed by atoms with Crippen molar-refractivity contribution in [3.05, 3.63) is 89.0 Å². The molecule has 37 heavy (non-hydrogen) atoms. The van der Waals surface area contributed by atoms with Crippen LogP contribution >= 0.6 is 0 Å². The van der Waals surface area contributed by atoms with Crippen molar-refractivity contribution in [1.29, 1.82) is 0 Å². The summed E-state index contributed by atoms with van der Waals surface area (Å²) >= 11 is 0. The number of ether oxygens (including phenoxy) is 3. The Morgan fingerprint density at radius 3 is 2.19 bits per heavy atom. The average Bonchev–Trinajstić information content (AvgIpc) is 3.44. The highest BCUT2D eigenvalue weighted by atomic mass is 16.5. The highest BCUT2D eigenvalue weighted by Crippen LogP contribution is 2.45. The summed E-state index contributed by atoms with van der Waals surface area (Å²) in [6, 6.07) is 19.9. The smallest absolute Gasteiger partial charge is 0.335 e. The number of aromatic carboxylic acids is 1. The summed E-state index contributed by atoms with van der Waals surface area (Å²) in [7, 11) is 3.24. The van der Waals surface area contributed by atoms with Crippen molar-refractivity contribution in [3.63, 3.8) is 0 Å². The first kappa shape index (κ1) is 24.7. The SMILES string of the molecule is COc1ccc(C2(C(=O)N[C@@H]3C[C@H](c4ccc(C(=O)O)cc4)Oc4cc(OC)ccc43)CCCC2)cc1. The quantitative estimate of drug-likeness (QED) is 0.438. The number of carboxylic acids is 1. The van der Waals surface area contributed by atoms with E-state index < -0.39 is 11.4 Å². The minimum atomic E-state index is -0.975. The lowest BCUT2D eigenvalue weighted by Gasteiger charge is -2.36. The second-order valence-corrected chi connectivity index (χ2v) is 9.72. The zero-order chi connectivity index (χ0) is 26.0. The van der Waals surface area contributed by atoms with Crippen molar-refractivity contribution in [3.8, 4) is 17.2 Å². The van der Waals surface area contributed by atoms with E-state index in [4.69, 9.17) is 14.2 Å². The second kappa shape index (κ2) is 10.2. The number of carboxylic acid groups (broad SMARTS) is 1. The van der Waals surface area contributed by atoms with E-state index >= 15 is 0 Å². The fraction of sp³-hybridized carbons (Fsp3) is 0.333. The molecule has 1 aliphatic heterocycles. The van der Waals surface area contributed by atoms with Crippen molar-refractivity contribution in [2.45, 2.75) is 49.7 Å². The molecule has 0 saturated heterocycles. The molecule has 0 spiro atoms. The Labute approximate surface area is 216 Å². The maximum absolute atomic E-state index is 14.0. The number of hydrogen-bond donors (Lipinski definition) is 2. The Morgan fingerprint density at radius 2 is 1.57 bits per heavy atom. The molecule has 0 aromatic heterocycles. The van der Waals surface area contributed by atoms with E-state index in [1.807, 2.05) is 42.5 Å². The summed E-state index contributed by atoms with van der Waals surface area (Å²) in [4.78, 5) is 25.3. The molecule has 2 atom stereocenters. The van der Waals surface area contributed by atoms with E-state index in [9.17, 15) is 14.7 Å². The normalized spacial score (nSPS) is 19.8. The summed E-state index contributed by atoms with van der Waals surface area (Å²) in [6.07, 6.45) is 3.76. The molecule has 192 valence electrons. The average molecular weight is 502 g/mol. The van der Waals surface area contributed by atoms with E-state index in [-0.39, 0.29) is 23.6 Å². The number of hydrogen-bond acceptors (Lipinski definition) is 5. The number of amides is 1. The lowest BCUT2D eigenvalue weighted by molar-refractivity contribution is -0.127. The molecule has 1 amide bonds. The first-order chi connectivity index (χ1) is 17.9. The Bertz CT molecular complexity index is 1280. The number of benzene rings is 3. The van der Waals surface area contributed by atoms with E-state index in [2.05, 4.69) is 5.32 Å². The Morgan fingerprint density at radius 1 is 0.919 bits per heavy atom. The number of nitrogens with one attached hydrogen (secondary N) is 1. The van der Waals surface area contributed by atoms with Crippen LogP contribution in [-0.4, -0.2) is 31.2 Å². The largest absolute Gasteiger partial charge is 0.497 e. The van der Waals surface area contributed by atoms with Gasteiger partial charge in [0.05, 0.1) is 31.2 Å². The van der Waals surface area contributed by atoms with Crippen LogP contribution in [0.1, 0.15) is 71.3 Å². The van der Waals surface area contributed by atoms with Gasteiger partial charge in [-0.3, -0.25) is 4.79 Å². The first-order valence-corrected chi connectivity index (χ1v) is 12.6. The molecule has 1 aliphatic carbocycles. The molecule has 7 nitrogen and oxygen atoms in total. The highest BCUT2D eigenvalue weighted by Gasteiger charge is 2.44. The Kier molecular flexibility index (Phi) is 6.78. The van der Waals surface area contributed by atoms with Gasteiger partial charge in [0, 0.05) is 18.1 Å². The van der Waals surface area contributed by atoms with Gasteiger partial charge in [-0.05, 0) is 60.4 Å². The highest BCUT2D eigenvalue weighted by molar-refractivity contribution is 5.89. The molecule has 2 N–H and O–H groups in total. The van der Waals surface area contributed by atoms with Crippen LogP contribution in [0.25, 0.3) is 0 Å². The number of fused-ring (bicyclic) bond motifs is 1. The van der Waals surface area contributed by atoms with Gasteiger partial charge in [0.25, 0.3) is 0 Å². The van der Waals surface area contributed by atoms with Crippen LogP contribution in [0.15, 0.2) is 66.7 Å². The van der Waals surface area contributed by atoms with Crippen LogP contribution in [0, 0.1) is 0 Å². The number of carbonyl (C=O) groups excluding carboxylic acids is 1. The van der Waals surface area contributed by atoms with Crippen molar-refractivity contribution < 1.29 is 28.9 Å². The summed E-state index contributed by atoms with van der Waals surface area (Å²) < 4.78 is 17.1. The number of rotatable bonds is 7. The summed E-state index contributed by atoms with van der Waals surface area (Å²) in [5.74, 6) is 1.12. The molecule has 7 heteroatoms. The molecule has 0 radical (unpaired) electrons. The lowest BCUT2D eigenvalue weighted by Crippen LogP contribution is -2.45. The standard InChI is InChI=1S/C30H31NO6/c1-35-22-11-9-21(10-12-22)30(15-3-4-16-30)29(34)31-25-18-26(19-5-7-20(8-6-19)28(32)33)37-27-17-23(36-2)13-14-24(25)27/h5-14,17,25-26H,3-4,15-16,18H2,1-2H3,(H,31,34)(H,32,33)/t25-,26-/m1/s1. The van der Waals surface area contributed by atoms with Crippen LogP contribution in [0.4, 0.5) is 0 Å². The molecule has 3 aromatic carbocycles. The monoisotopic (exact) mass is 501 g/mol. The van der Waals surface area contributed by atoms with Crippen molar-refractivity contribution in [2.75, 3.05) is 14.2 Å². The van der Waals surface area contributed by atoms with Crippen LogP contribution in [0.3, 0.4) is 0 Å². The van der Waals surface area contributed by atoms with Crippen LogP contribution < -0.4 is 19.5 Å². The fourth-order valence-electron chi connectivity index (χ4n) is 5.59. The minimum absolute atomic E-state index is 0.0174. The van der Waals surface area contributed by atoms with Gasteiger partial charge in [0.15, 0.2) is 0 Å². The van der Waals surface area contributed by atoms with Gasteiger partial charge in [-0.25, -0.2) is 4.79 Å². The van der Waals surface area contributed by atoms with Gasteiger partial charge >= 0.3 is 5.97 Å². The third-order valence-corrected chi connectivity index (χ3v) is 7.68. The van der Waals surface area contributed by atoms with E-state index in [1.165, 1.54) is 0 Å². The lowest BCUT2D eigenvalue weighted by atomic mass is 9.77. The van der Waals surface area contributed by atoms with Gasteiger partial charge in [-0.1, -0.05) is 37.1 Å². The van der Waals surface area contributed by atoms with Gasteiger partial charge in [0.2, 0.25) is 5.91 Å². The van der Waals surface area contributed by atoms with Crippen LogP contribution in [-0.2, 0) is 10.2 Å². The van der Waals surface area contributed by atoms with Crippen LogP contribution in [0.5, 0.6) is 17.2 Å². The fourth-order valence-corrected chi connectivity index (χ4v) is 5.59. The molecule has 3 aromatic rings. The van der Waals surface area contributed by atoms with Crippen molar-refractivity contribution in [2.24, 2.45) is 0 Å². The van der Waals surface area contributed by atoms with Gasteiger partial charge < -0.3 is 24.6 Å². The molecule has 1 fully saturated rings. The number of methoxy groups -OCH3 is 2. The molecule has 0 bridgehead atoms. The first-order valence-electron chi connectivity index (χ1n) is 12.6. The van der Waals surface area contributed by atoms with E-state index in [1.54, 1.807) is 38.5 Å². The van der Waals surface area contributed by atoms with Crippen molar-refractivity contribution >= 4 is 11.9 Å². The molecular formula is C30H31NO6. The maximum Gasteiger partial charge on any atom is 0.335 e. The summed E-state index contributed by atoms with van der Waals surface area (Å²) in [5.41, 5.74) is 2.38. The predicted octanol–water partition coefficient (Wildman–Crippen LogP) is 5.60. The van der Waals surface area contributed by atoms with E-state index in [0.717, 1.165) is 48.1 Å². The van der Waals surface area contributed by atoms with Gasteiger partial charge in [-0.2, -0.15) is 0 Å². The maximum atomic E-state index is 14.0. The van der Waals surface area contributed by atoms with E-state index in [0.29, 0.717) is 17.9 Å². The zero-order valence-corrected chi connectivity index (χ0v) is 21.0. The second-order valence-electron chi connectivity index (χ2n) is 9.72. The van der Waals surface area contributed by atoms with Crippen LogP contribution in [0.2, 0.25) is 0 Å². The predicted molar refractivity (Wildman–Crippen MR) is 138 cm³/mol. The van der Waals surface area contributed by atoms with Gasteiger partial charge in [-0.15, -0.1) is 0 Å². The summed E-state index contributed by atoms with van der Waals surface area (Å²) in [5, 5.41) is 12.6. The summed E-state index contributed by atoms with van der Waals surface area (Å²) in [6.45, 7) is 0. The number of carbonyl (C=O) groups is 2. The molecule has 2 aliphatic rings. The zero-order valence-electron chi connectivity index (χ0n) is 21.0. The minimum Gasteiger partial charge on any atom is -0.497 e. The molecule has 1 saturated carbocycles. The third-order valence-electron chi connectivity index (χ3n) is 7.68. The topological polar surface area (TPSA) is 94.1 Å². The van der Waals surface area contributed by atoms with Crippen molar-refractivity contribution in [1.82, 2.24) is 5.32 Å². The van der Waals surface area contributed by atoms with Gasteiger partial charge in [0.1, 0.15) is 23.4 Å². The molecule has 0 unspecified atom stereocenters. The molecular weight excluding hydrogens is 470 g/mol.